The van der Waals surface area contributed by atoms with E-state index in [1.807, 2.05) is 37.3 Å². The van der Waals surface area contributed by atoms with Crippen LogP contribution in [0.4, 0.5) is 0 Å². The second-order valence-electron chi connectivity index (χ2n) is 6.66. The van der Waals surface area contributed by atoms with Crippen LogP contribution in [0.1, 0.15) is 24.3 Å². The van der Waals surface area contributed by atoms with E-state index >= 15 is 0 Å². The molecule has 0 aliphatic rings. The van der Waals surface area contributed by atoms with Crippen molar-refractivity contribution in [2.75, 3.05) is 25.4 Å². The molecule has 0 saturated carbocycles. The highest BCUT2D eigenvalue weighted by molar-refractivity contribution is 7.89. The lowest BCUT2D eigenvalue weighted by atomic mass is 10.1. The van der Waals surface area contributed by atoms with Crippen LogP contribution in [0.15, 0.2) is 52.8 Å². The van der Waals surface area contributed by atoms with E-state index in [9.17, 15) is 8.42 Å². The van der Waals surface area contributed by atoms with Crippen LogP contribution in [-0.2, 0) is 23.0 Å². The fraction of sp³-hybridized carbons (Fsp3) is 0.450. The van der Waals surface area contributed by atoms with Gasteiger partial charge < -0.3 is 10.6 Å². The quantitative estimate of drug-likeness (QED) is 0.384. The average molecular weight is 423 g/mol. The zero-order chi connectivity index (χ0) is 20.2. The van der Waals surface area contributed by atoms with Crippen molar-refractivity contribution in [3.63, 3.8) is 0 Å². The van der Waals surface area contributed by atoms with Gasteiger partial charge in [-0.25, -0.2) is 13.1 Å². The molecule has 0 amide bonds. The molecule has 1 unspecified atom stereocenters. The van der Waals surface area contributed by atoms with Crippen molar-refractivity contribution in [1.82, 2.24) is 15.4 Å². The molecule has 0 bridgehead atoms. The van der Waals surface area contributed by atoms with E-state index < -0.39 is 10.0 Å². The third-order valence-corrected chi connectivity index (χ3v) is 6.26. The summed E-state index contributed by atoms with van der Waals surface area (Å²) in [5, 5.41) is 8.37. The van der Waals surface area contributed by atoms with Crippen molar-refractivity contribution in [1.29, 1.82) is 0 Å². The van der Waals surface area contributed by atoms with Gasteiger partial charge in [0.2, 0.25) is 10.0 Å². The van der Waals surface area contributed by atoms with Crippen LogP contribution in [-0.4, -0.2) is 39.8 Å². The monoisotopic (exact) mass is 422 g/mol. The summed E-state index contributed by atoms with van der Waals surface area (Å²) in [4.78, 5) is 5.95. The lowest BCUT2D eigenvalue weighted by Crippen LogP contribution is -2.41. The average Bonchev–Trinajstić information content (AvgIpc) is 3.18. The van der Waals surface area contributed by atoms with E-state index in [0.717, 1.165) is 18.5 Å². The molecule has 2 rings (SSSR count). The van der Waals surface area contributed by atoms with Crippen LogP contribution < -0.4 is 15.4 Å². The number of rotatable bonds is 11. The third kappa shape index (κ3) is 8.86. The van der Waals surface area contributed by atoms with E-state index in [0.29, 0.717) is 31.5 Å². The molecule has 6 nitrogen and oxygen atoms in total. The van der Waals surface area contributed by atoms with Gasteiger partial charge >= 0.3 is 0 Å². The van der Waals surface area contributed by atoms with E-state index in [-0.39, 0.29) is 5.75 Å². The Balaban J connectivity index is 1.76. The number of nitrogens with zero attached hydrogens (tertiary/aromatic N) is 1. The zero-order valence-electron chi connectivity index (χ0n) is 16.5. The highest BCUT2D eigenvalue weighted by Crippen LogP contribution is 2.14. The Morgan fingerprint density at radius 3 is 2.61 bits per heavy atom. The van der Waals surface area contributed by atoms with Crippen molar-refractivity contribution in [2.24, 2.45) is 10.9 Å². The van der Waals surface area contributed by atoms with Crippen molar-refractivity contribution in [3.8, 4) is 0 Å². The molecule has 1 aromatic heterocycles. The van der Waals surface area contributed by atoms with E-state index in [1.54, 1.807) is 11.3 Å². The minimum absolute atomic E-state index is 0.00496. The van der Waals surface area contributed by atoms with Gasteiger partial charge in [-0.2, -0.15) is 0 Å². The van der Waals surface area contributed by atoms with E-state index in [4.69, 9.17) is 0 Å². The third-order valence-electron chi connectivity index (χ3n) is 4.04. The van der Waals surface area contributed by atoms with Crippen molar-refractivity contribution in [2.45, 2.75) is 26.8 Å². The fourth-order valence-electron chi connectivity index (χ4n) is 2.59. The molecule has 0 spiro atoms. The Labute approximate surface area is 172 Å². The summed E-state index contributed by atoms with van der Waals surface area (Å²) in [5.41, 5.74) is 0.939. The van der Waals surface area contributed by atoms with Gasteiger partial charge in [-0.1, -0.05) is 43.3 Å². The minimum Gasteiger partial charge on any atom is -0.357 e. The largest absolute Gasteiger partial charge is 0.357 e. The summed E-state index contributed by atoms with van der Waals surface area (Å²) < 4.78 is 27.0. The van der Waals surface area contributed by atoms with Gasteiger partial charge in [0, 0.05) is 31.1 Å². The lowest BCUT2D eigenvalue weighted by Gasteiger charge is -2.13. The predicted molar refractivity (Wildman–Crippen MR) is 118 cm³/mol. The maximum Gasteiger partial charge on any atom is 0.213 e. The number of hydrogen-bond donors (Lipinski definition) is 3. The molecule has 1 atom stereocenters. The number of hydrogen-bond acceptors (Lipinski definition) is 4. The standard InChI is InChI=1S/C20H30N4O2S2/c1-3-21-20(23-15-17(2)14-19-10-7-12-27-19)22-11-13-28(25,26)24-16-18-8-5-4-6-9-18/h4-10,12,17,24H,3,11,13-16H2,1-2H3,(H2,21,22,23). The maximum absolute atomic E-state index is 12.2. The normalized spacial score (nSPS) is 13.3. The number of guanidine groups is 1. The van der Waals surface area contributed by atoms with Gasteiger partial charge in [0.15, 0.2) is 5.96 Å². The van der Waals surface area contributed by atoms with Gasteiger partial charge in [-0.15, -0.1) is 11.3 Å². The van der Waals surface area contributed by atoms with Crippen LogP contribution >= 0.6 is 11.3 Å². The molecule has 0 saturated heterocycles. The Kier molecular flexibility index (Phi) is 9.46. The van der Waals surface area contributed by atoms with Crippen molar-refractivity contribution >= 4 is 27.3 Å². The topological polar surface area (TPSA) is 82.6 Å². The summed E-state index contributed by atoms with van der Waals surface area (Å²) in [7, 11) is -3.35. The minimum atomic E-state index is -3.35. The summed E-state index contributed by atoms with van der Waals surface area (Å²) >= 11 is 1.76. The van der Waals surface area contributed by atoms with Crippen LogP contribution in [0.2, 0.25) is 0 Å². The Bertz CT molecular complexity index is 806. The molecular formula is C20H30N4O2S2. The molecule has 2 aromatic rings. The molecule has 154 valence electrons. The van der Waals surface area contributed by atoms with E-state index in [2.05, 4.69) is 44.8 Å². The molecule has 0 aliphatic carbocycles. The second-order valence-corrected chi connectivity index (χ2v) is 9.62. The smallest absolute Gasteiger partial charge is 0.213 e. The van der Waals surface area contributed by atoms with Crippen LogP contribution in [0.25, 0.3) is 0 Å². The first-order chi connectivity index (χ1) is 13.5. The SMILES string of the molecule is CCNC(=NCC(C)Cc1cccs1)NCCS(=O)(=O)NCc1ccccc1. The second kappa shape index (κ2) is 11.8. The summed E-state index contributed by atoms with van der Waals surface area (Å²) in [6.45, 7) is 6.18. The zero-order valence-corrected chi connectivity index (χ0v) is 18.2. The molecule has 8 heteroatoms. The van der Waals surface area contributed by atoms with Crippen LogP contribution in [0.3, 0.4) is 0 Å². The fourth-order valence-corrected chi connectivity index (χ4v) is 4.36. The maximum atomic E-state index is 12.2. The van der Waals surface area contributed by atoms with Gasteiger partial charge in [0.05, 0.1) is 5.75 Å². The first kappa shape index (κ1) is 22.4. The first-order valence-corrected chi connectivity index (χ1v) is 12.1. The number of sulfonamides is 1. The van der Waals surface area contributed by atoms with Gasteiger partial charge in [0.25, 0.3) is 0 Å². The molecule has 0 radical (unpaired) electrons. The Hall–Kier alpha value is -1.90. The molecule has 28 heavy (non-hydrogen) atoms. The highest BCUT2D eigenvalue weighted by Gasteiger charge is 2.10. The van der Waals surface area contributed by atoms with E-state index in [1.165, 1.54) is 4.88 Å². The molecule has 3 N–H and O–H groups in total. The lowest BCUT2D eigenvalue weighted by molar-refractivity contribution is 0.579. The molecule has 1 aromatic carbocycles. The number of thiophene rings is 1. The van der Waals surface area contributed by atoms with Crippen LogP contribution in [0, 0.1) is 5.92 Å². The van der Waals surface area contributed by atoms with Crippen molar-refractivity contribution in [3.05, 3.63) is 58.3 Å². The summed E-state index contributed by atoms with van der Waals surface area (Å²) in [6, 6.07) is 13.7. The van der Waals surface area contributed by atoms with Gasteiger partial charge in [-0.05, 0) is 36.3 Å². The number of nitrogens with one attached hydrogen (secondary N) is 3. The molecule has 0 fully saturated rings. The molecular weight excluding hydrogens is 392 g/mol. The molecule has 1 heterocycles. The van der Waals surface area contributed by atoms with Gasteiger partial charge in [-0.3, -0.25) is 4.99 Å². The highest BCUT2D eigenvalue weighted by atomic mass is 32.2. The Morgan fingerprint density at radius 2 is 1.93 bits per heavy atom. The summed E-state index contributed by atoms with van der Waals surface area (Å²) in [5.74, 6) is 1.07. The van der Waals surface area contributed by atoms with Crippen molar-refractivity contribution < 1.29 is 8.42 Å². The molecule has 0 aliphatic heterocycles. The van der Waals surface area contributed by atoms with Crippen LogP contribution in [0.5, 0.6) is 0 Å². The number of benzene rings is 1. The Morgan fingerprint density at radius 1 is 1.14 bits per heavy atom. The summed E-state index contributed by atoms with van der Waals surface area (Å²) in [6.07, 6.45) is 0.998. The van der Waals surface area contributed by atoms with Gasteiger partial charge in [0.1, 0.15) is 0 Å². The number of aliphatic imine (C=N–C) groups is 1. The first-order valence-electron chi connectivity index (χ1n) is 9.54. The predicted octanol–water partition coefficient (Wildman–Crippen LogP) is 2.60.